The van der Waals surface area contributed by atoms with Crippen molar-refractivity contribution in [3.63, 3.8) is 0 Å². The molecule has 0 saturated heterocycles. The highest BCUT2D eigenvalue weighted by Crippen LogP contribution is 2.33. The van der Waals surface area contributed by atoms with Crippen molar-refractivity contribution in [2.45, 2.75) is 13.0 Å². The first kappa shape index (κ1) is 15.2. The summed E-state index contributed by atoms with van der Waals surface area (Å²) < 4.78 is 16.0. The first-order chi connectivity index (χ1) is 10.2. The summed E-state index contributed by atoms with van der Waals surface area (Å²) in [5.74, 6) is 1.99. The molecule has 1 atom stereocenters. The molecule has 1 N–H and O–H groups in total. The Bertz CT molecular complexity index is 595. The molecule has 2 rings (SSSR count). The summed E-state index contributed by atoms with van der Waals surface area (Å²) in [6.45, 7) is 2.44. The van der Waals surface area contributed by atoms with E-state index >= 15 is 0 Å². The van der Waals surface area contributed by atoms with E-state index in [9.17, 15) is 5.11 Å². The number of methoxy groups -OCH3 is 2. The molecule has 1 unspecified atom stereocenters. The summed E-state index contributed by atoms with van der Waals surface area (Å²) in [5.41, 5.74) is 1.51. The number of benzene rings is 2. The molecule has 2 aromatic rings. The van der Waals surface area contributed by atoms with Crippen molar-refractivity contribution in [2.24, 2.45) is 0 Å². The Hall–Kier alpha value is -2.20. The third kappa shape index (κ3) is 3.47. The molecular weight excluding hydrogens is 268 g/mol. The molecule has 4 heteroatoms. The number of hydrogen-bond donors (Lipinski definition) is 1. The Balaban J connectivity index is 2.33. The highest BCUT2D eigenvalue weighted by atomic mass is 16.5. The molecule has 2 aromatic carbocycles. The summed E-state index contributed by atoms with van der Waals surface area (Å²) in [6.07, 6.45) is -0.745. The van der Waals surface area contributed by atoms with E-state index in [-0.39, 0.29) is 0 Å². The van der Waals surface area contributed by atoms with Crippen LogP contribution in [0.4, 0.5) is 0 Å². The van der Waals surface area contributed by atoms with E-state index < -0.39 is 6.10 Å². The zero-order chi connectivity index (χ0) is 15.2. The van der Waals surface area contributed by atoms with Crippen molar-refractivity contribution < 1.29 is 19.3 Å². The van der Waals surface area contributed by atoms with Gasteiger partial charge in [0, 0.05) is 0 Å². The Labute approximate surface area is 124 Å². The molecule has 0 bridgehead atoms. The number of hydrogen-bond acceptors (Lipinski definition) is 4. The third-order valence-corrected chi connectivity index (χ3v) is 3.21. The average molecular weight is 288 g/mol. The normalized spacial score (nSPS) is 11.8. The van der Waals surface area contributed by atoms with E-state index in [0.717, 1.165) is 11.1 Å². The first-order valence-corrected chi connectivity index (χ1v) is 6.82. The fourth-order valence-electron chi connectivity index (χ4n) is 2.14. The lowest BCUT2D eigenvalue weighted by atomic mass is 10.0. The van der Waals surface area contributed by atoms with Gasteiger partial charge in [-0.25, -0.2) is 0 Å². The fourth-order valence-corrected chi connectivity index (χ4v) is 2.14. The van der Waals surface area contributed by atoms with Crippen LogP contribution in [0.25, 0.3) is 0 Å². The Morgan fingerprint density at radius 3 is 2.38 bits per heavy atom. The molecule has 21 heavy (non-hydrogen) atoms. The Morgan fingerprint density at radius 1 is 0.952 bits per heavy atom. The zero-order valence-corrected chi connectivity index (χ0v) is 12.5. The molecule has 0 aliphatic heterocycles. The molecule has 0 saturated carbocycles. The minimum atomic E-state index is -0.745. The summed E-state index contributed by atoms with van der Waals surface area (Å²) in [6, 6.07) is 12.8. The van der Waals surface area contributed by atoms with Crippen molar-refractivity contribution in [3.8, 4) is 17.2 Å². The van der Waals surface area contributed by atoms with Gasteiger partial charge < -0.3 is 19.3 Å². The summed E-state index contributed by atoms with van der Waals surface area (Å²) in [5, 5.41) is 10.5. The van der Waals surface area contributed by atoms with Crippen molar-refractivity contribution in [1.82, 2.24) is 0 Å². The van der Waals surface area contributed by atoms with E-state index in [2.05, 4.69) is 0 Å². The van der Waals surface area contributed by atoms with E-state index in [1.54, 1.807) is 26.4 Å². The summed E-state index contributed by atoms with van der Waals surface area (Å²) in [4.78, 5) is 0. The molecule has 0 aromatic heterocycles. The number of aliphatic hydroxyl groups excluding tert-OH is 1. The van der Waals surface area contributed by atoms with Crippen molar-refractivity contribution in [1.29, 1.82) is 0 Å². The largest absolute Gasteiger partial charge is 0.497 e. The van der Waals surface area contributed by atoms with Crippen LogP contribution in [-0.2, 0) is 0 Å². The summed E-state index contributed by atoms with van der Waals surface area (Å²) >= 11 is 0. The lowest BCUT2D eigenvalue weighted by Gasteiger charge is -2.15. The molecule has 0 fully saturated rings. The molecule has 0 spiro atoms. The second kappa shape index (κ2) is 6.99. The van der Waals surface area contributed by atoms with Crippen LogP contribution < -0.4 is 14.2 Å². The maximum atomic E-state index is 10.5. The molecule has 0 radical (unpaired) electrons. The number of ether oxygens (including phenoxy) is 3. The van der Waals surface area contributed by atoms with E-state index in [0.29, 0.717) is 23.9 Å². The molecular formula is C17H20O4. The van der Waals surface area contributed by atoms with Crippen molar-refractivity contribution >= 4 is 0 Å². The highest BCUT2D eigenvalue weighted by molar-refractivity contribution is 5.46. The molecule has 0 heterocycles. The standard InChI is InChI=1S/C17H20O4/c1-4-21-16-11-13(8-9-15(16)20-3)17(18)12-6-5-7-14(10-12)19-2/h5-11,17-18H,4H2,1-3H3. The lowest BCUT2D eigenvalue weighted by molar-refractivity contribution is 0.218. The molecule has 0 aliphatic rings. The van der Waals surface area contributed by atoms with Gasteiger partial charge in [-0.1, -0.05) is 18.2 Å². The second-order valence-corrected chi connectivity index (χ2v) is 4.52. The van der Waals surface area contributed by atoms with Crippen LogP contribution in [0.1, 0.15) is 24.2 Å². The topological polar surface area (TPSA) is 47.9 Å². The Kier molecular flexibility index (Phi) is 5.06. The molecule has 112 valence electrons. The minimum Gasteiger partial charge on any atom is -0.497 e. The van der Waals surface area contributed by atoms with Gasteiger partial charge in [-0.2, -0.15) is 0 Å². The maximum absolute atomic E-state index is 10.5. The van der Waals surface area contributed by atoms with Gasteiger partial charge in [-0.05, 0) is 42.3 Å². The second-order valence-electron chi connectivity index (χ2n) is 4.52. The van der Waals surface area contributed by atoms with Crippen LogP contribution in [-0.4, -0.2) is 25.9 Å². The van der Waals surface area contributed by atoms with Crippen LogP contribution in [0.5, 0.6) is 17.2 Å². The zero-order valence-electron chi connectivity index (χ0n) is 12.5. The average Bonchev–Trinajstić information content (AvgIpc) is 2.54. The predicted octanol–water partition coefficient (Wildman–Crippen LogP) is 3.18. The lowest BCUT2D eigenvalue weighted by Crippen LogP contribution is -2.02. The van der Waals surface area contributed by atoms with Gasteiger partial charge in [0.2, 0.25) is 0 Å². The predicted molar refractivity (Wildman–Crippen MR) is 81.2 cm³/mol. The van der Waals surface area contributed by atoms with Gasteiger partial charge in [0.15, 0.2) is 11.5 Å². The molecule has 4 nitrogen and oxygen atoms in total. The number of rotatable bonds is 6. The summed E-state index contributed by atoms with van der Waals surface area (Å²) in [7, 11) is 3.20. The Morgan fingerprint density at radius 2 is 1.71 bits per heavy atom. The van der Waals surface area contributed by atoms with Crippen LogP contribution in [0, 0.1) is 0 Å². The van der Waals surface area contributed by atoms with E-state index in [1.165, 1.54) is 0 Å². The minimum absolute atomic E-state index is 0.537. The fraction of sp³-hybridized carbons (Fsp3) is 0.294. The first-order valence-electron chi connectivity index (χ1n) is 6.82. The van der Waals surface area contributed by atoms with Gasteiger partial charge in [-0.3, -0.25) is 0 Å². The van der Waals surface area contributed by atoms with Crippen molar-refractivity contribution in [3.05, 3.63) is 53.6 Å². The highest BCUT2D eigenvalue weighted by Gasteiger charge is 2.14. The molecule has 0 amide bonds. The van der Waals surface area contributed by atoms with E-state index in [1.807, 2.05) is 37.3 Å². The third-order valence-electron chi connectivity index (χ3n) is 3.21. The van der Waals surface area contributed by atoms with E-state index in [4.69, 9.17) is 14.2 Å². The van der Waals surface area contributed by atoms with Gasteiger partial charge in [-0.15, -0.1) is 0 Å². The smallest absolute Gasteiger partial charge is 0.161 e. The van der Waals surface area contributed by atoms with Crippen LogP contribution >= 0.6 is 0 Å². The maximum Gasteiger partial charge on any atom is 0.161 e. The van der Waals surface area contributed by atoms with Gasteiger partial charge in [0.1, 0.15) is 11.9 Å². The van der Waals surface area contributed by atoms with Crippen LogP contribution in [0.15, 0.2) is 42.5 Å². The van der Waals surface area contributed by atoms with Crippen LogP contribution in [0.3, 0.4) is 0 Å². The van der Waals surface area contributed by atoms with Gasteiger partial charge in [0.05, 0.1) is 20.8 Å². The quantitative estimate of drug-likeness (QED) is 0.887. The SMILES string of the molecule is CCOc1cc(C(O)c2cccc(OC)c2)ccc1OC. The van der Waals surface area contributed by atoms with Crippen LogP contribution in [0.2, 0.25) is 0 Å². The number of aliphatic hydroxyl groups is 1. The van der Waals surface area contributed by atoms with Crippen molar-refractivity contribution in [2.75, 3.05) is 20.8 Å². The molecule has 0 aliphatic carbocycles. The van der Waals surface area contributed by atoms with Gasteiger partial charge >= 0.3 is 0 Å². The monoisotopic (exact) mass is 288 g/mol. The van der Waals surface area contributed by atoms with Gasteiger partial charge in [0.25, 0.3) is 0 Å².